The Labute approximate surface area is 224 Å². The monoisotopic (exact) mass is 567 g/mol. The molecule has 6 nitrogen and oxygen atoms in total. The van der Waals surface area contributed by atoms with Gasteiger partial charge in [-0.05, 0) is 72.5 Å². The van der Waals surface area contributed by atoms with Crippen molar-refractivity contribution in [2.24, 2.45) is 0 Å². The number of ether oxygens (including phenoxy) is 1. The summed E-state index contributed by atoms with van der Waals surface area (Å²) in [6, 6.07) is 16.1. The van der Waals surface area contributed by atoms with Gasteiger partial charge in [0.15, 0.2) is 6.61 Å². The van der Waals surface area contributed by atoms with E-state index in [1.165, 1.54) is 46.4 Å². The second-order valence-electron chi connectivity index (χ2n) is 8.47. The van der Waals surface area contributed by atoms with E-state index in [-0.39, 0.29) is 11.4 Å². The van der Waals surface area contributed by atoms with E-state index < -0.39 is 34.3 Å². The van der Waals surface area contributed by atoms with Gasteiger partial charge in [-0.2, -0.15) is 17.5 Å². The second-order valence-corrected chi connectivity index (χ2v) is 11.6. The van der Waals surface area contributed by atoms with E-state index in [1.54, 1.807) is 25.1 Å². The fourth-order valence-corrected chi connectivity index (χ4v) is 6.34. The lowest BCUT2D eigenvalue weighted by atomic mass is 10.0. The van der Waals surface area contributed by atoms with Crippen LogP contribution in [0.5, 0.6) is 5.75 Å². The van der Waals surface area contributed by atoms with Crippen molar-refractivity contribution in [3.8, 4) is 16.9 Å². The van der Waals surface area contributed by atoms with Crippen LogP contribution in [0.1, 0.15) is 24.5 Å². The molecule has 0 aromatic heterocycles. The molecule has 204 valence electrons. The van der Waals surface area contributed by atoms with Gasteiger partial charge >= 0.3 is 12.1 Å². The molecule has 38 heavy (non-hydrogen) atoms. The third kappa shape index (κ3) is 7.75. The molecule has 0 aliphatic heterocycles. The summed E-state index contributed by atoms with van der Waals surface area (Å²) in [7, 11) is -3.81. The highest BCUT2D eigenvalue weighted by Gasteiger charge is 2.30. The Bertz CT molecular complexity index is 1360. The zero-order chi connectivity index (χ0) is 27.9. The summed E-state index contributed by atoms with van der Waals surface area (Å²) in [4.78, 5) is 11.7. The third-order valence-corrected chi connectivity index (χ3v) is 8.48. The van der Waals surface area contributed by atoms with Gasteiger partial charge in [-0.3, -0.25) is 0 Å². The average molecular weight is 568 g/mol. The van der Waals surface area contributed by atoms with E-state index in [1.807, 2.05) is 13.0 Å². The Balaban J connectivity index is 1.69. The van der Waals surface area contributed by atoms with Gasteiger partial charge in [0, 0.05) is 23.7 Å². The Hall–Kier alpha value is -3.02. The third-order valence-electron chi connectivity index (χ3n) is 5.60. The Kier molecular flexibility index (Phi) is 9.86. The molecule has 0 heterocycles. The molecular weight excluding hydrogens is 539 g/mol. The molecule has 0 saturated carbocycles. The van der Waals surface area contributed by atoms with Crippen LogP contribution in [-0.4, -0.2) is 49.2 Å². The molecule has 11 heteroatoms. The number of carboxylic acid groups (broad SMARTS) is 1. The van der Waals surface area contributed by atoms with E-state index in [9.17, 15) is 26.4 Å². The van der Waals surface area contributed by atoms with Crippen molar-refractivity contribution in [3.63, 3.8) is 0 Å². The lowest BCUT2D eigenvalue weighted by Gasteiger charge is -2.22. The normalized spacial score (nSPS) is 12.1. The van der Waals surface area contributed by atoms with Gasteiger partial charge in [-0.25, -0.2) is 13.2 Å². The zero-order valence-electron chi connectivity index (χ0n) is 20.9. The quantitative estimate of drug-likeness (QED) is 0.257. The zero-order valence-corrected chi connectivity index (χ0v) is 22.5. The first-order valence-corrected chi connectivity index (χ1v) is 14.2. The minimum Gasteiger partial charge on any atom is -0.482 e. The van der Waals surface area contributed by atoms with E-state index in [4.69, 9.17) is 9.84 Å². The van der Waals surface area contributed by atoms with Crippen molar-refractivity contribution in [3.05, 3.63) is 77.9 Å². The molecule has 0 saturated heterocycles. The molecule has 0 bridgehead atoms. The average Bonchev–Trinajstić information content (AvgIpc) is 2.87. The molecule has 0 unspecified atom stereocenters. The number of sulfonamides is 1. The molecule has 0 amide bonds. The van der Waals surface area contributed by atoms with Crippen molar-refractivity contribution in [2.45, 2.75) is 36.2 Å². The van der Waals surface area contributed by atoms with E-state index >= 15 is 0 Å². The largest absolute Gasteiger partial charge is 0.482 e. The van der Waals surface area contributed by atoms with E-state index in [0.29, 0.717) is 35.6 Å². The van der Waals surface area contributed by atoms with Crippen LogP contribution in [0, 0.1) is 6.92 Å². The van der Waals surface area contributed by atoms with E-state index in [2.05, 4.69) is 0 Å². The molecule has 0 aliphatic rings. The highest BCUT2D eigenvalue weighted by molar-refractivity contribution is 7.99. The molecule has 0 atom stereocenters. The van der Waals surface area contributed by atoms with Crippen molar-refractivity contribution in [2.75, 3.05) is 25.4 Å². The number of hydrogen-bond acceptors (Lipinski definition) is 5. The molecule has 0 radical (unpaired) electrons. The van der Waals surface area contributed by atoms with Crippen LogP contribution in [0.25, 0.3) is 11.1 Å². The van der Waals surface area contributed by atoms with Crippen LogP contribution in [0.15, 0.2) is 76.5 Å². The predicted molar refractivity (Wildman–Crippen MR) is 141 cm³/mol. The minimum atomic E-state index is -4.47. The number of benzene rings is 3. The van der Waals surface area contributed by atoms with Gasteiger partial charge in [0.1, 0.15) is 5.75 Å². The number of halogens is 3. The van der Waals surface area contributed by atoms with Crippen LogP contribution in [-0.2, 0) is 21.0 Å². The van der Waals surface area contributed by atoms with Gasteiger partial charge in [-0.1, -0.05) is 31.2 Å². The maximum Gasteiger partial charge on any atom is 0.416 e. The number of aliphatic carboxylic acids is 1. The van der Waals surface area contributed by atoms with E-state index in [0.717, 1.165) is 22.6 Å². The molecular formula is C27H28F3NO5S2. The molecule has 0 aliphatic carbocycles. The highest BCUT2D eigenvalue weighted by atomic mass is 32.2. The number of aryl methyl sites for hydroxylation is 1. The van der Waals surface area contributed by atoms with Gasteiger partial charge in [0.25, 0.3) is 0 Å². The number of hydrogen-bond donors (Lipinski definition) is 1. The highest BCUT2D eigenvalue weighted by Crippen LogP contribution is 2.33. The SMILES string of the molecule is CCCN(CCSc1ccc(OCC(=O)O)c(C)c1)S(=O)(=O)c1ccc(-c2cccc(C(F)(F)F)c2)cc1. The van der Waals surface area contributed by atoms with Crippen LogP contribution < -0.4 is 4.74 Å². The molecule has 3 aromatic rings. The van der Waals surface area contributed by atoms with Gasteiger partial charge < -0.3 is 9.84 Å². The summed E-state index contributed by atoms with van der Waals surface area (Å²) in [5, 5.41) is 8.76. The number of nitrogens with zero attached hydrogens (tertiary/aromatic N) is 1. The summed E-state index contributed by atoms with van der Waals surface area (Å²) >= 11 is 1.47. The maximum absolute atomic E-state index is 13.3. The van der Waals surface area contributed by atoms with Crippen LogP contribution >= 0.6 is 11.8 Å². The molecule has 0 spiro atoms. The smallest absolute Gasteiger partial charge is 0.416 e. The number of carboxylic acids is 1. The van der Waals surface area contributed by atoms with Crippen molar-refractivity contribution >= 4 is 27.8 Å². The number of rotatable bonds is 12. The minimum absolute atomic E-state index is 0.0717. The van der Waals surface area contributed by atoms with Crippen LogP contribution in [0.4, 0.5) is 13.2 Å². The fraction of sp³-hybridized carbons (Fsp3) is 0.296. The summed E-state index contributed by atoms with van der Waals surface area (Å²) < 4.78 is 72.5. The van der Waals surface area contributed by atoms with Crippen molar-refractivity contribution in [1.29, 1.82) is 0 Å². The van der Waals surface area contributed by atoms with Gasteiger partial charge in [0.2, 0.25) is 10.0 Å². The first-order chi connectivity index (χ1) is 17.9. The predicted octanol–water partition coefficient (Wildman–Crippen LogP) is 6.34. The van der Waals surface area contributed by atoms with Crippen molar-refractivity contribution in [1.82, 2.24) is 4.31 Å². The molecule has 1 N–H and O–H groups in total. The maximum atomic E-state index is 13.3. The molecule has 3 rings (SSSR count). The molecule has 0 fully saturated rings. The number of thioether (sulfide) groups is 1. The first kappa shape index (κ1) is 29.5. The van der Waals surface area contributed by atoms with Gasteiger partial charge in [-0.15, -0.1) is 11.8 Å². The summed E-state index contributed by atoms with van der Waals surface area (Å²) in [5.74, 6) is -0.109. The Morgan fingerprint density at radius 2 is 1.71 bits per heavy atom. The summed E-state index contributed by atoms with van der Waals surface area (Å²) in [6.07, 6.45) is -3.85. The molecule has 3 aromatic carbocycles. The van der Waals surface area contributed by atoms with Crippen LogP contribution in [0.3, 0.4) is 0 Å². The lowest BCUT2D eigenvalue weighted by Crippen LogP contribution is -2.33. The summed E-state index contributed by atoms with van der Waals surface area (Å²) in [6.45, 7) is 3.83. The number of alkyl halides is 3. The first-order valence-electron chi connectivity index (χ1n) is 11.8. The second kappa shape index (κ2) is 12.7. The Morgan fingerprint density at radius 3 is 2.32 bits per heavy atom. The summed E-state index contributed by atoms with van der Waals surface area (Å²) in [5.41, 5.74) is 0.838. The lowest BCUT2D eigenvalue weighted by molar-refractivity contribution is -0.139. The van der Waals surface area contributed by atoms with Crippen LogP contribution in [0.2, 0.25) is 0 Å². The fourth-order valence-electron chi connectivity index (χ4n) is 3.72. The van der Waals surface area contributed by atoms with Crippen molar-refractivity contribution < 1.29 is 36.2 Å². The topological polar surface area (TPSA) is 83.9 Å². The standard InChI is InChI=1S/C27H28F3NO5S2/c1-3-13-31(14-15-37-23-9-12-25(19(2)16-23)36-18-26(32)33)38(34,35)24-10-7-20(8-11-24)21-5-4-6-22(17-21)27(28,29)30/h4-12,16-17H,3,13-15,18H2,1-2H3,(H,32,33). The Morgan fingerprint density at radius 1 is 1.00 bits per heavy atom. The van der Waals surface area contributed by atoms with Gasteiger partial charge in [0.05, 0.1) is 10.5 Å². The number of carbonyl (C=O) groups is 1.